The highest BCUT2D eigenvalue weighted by molar-refractivity contribution is 7.08. The van der Waals surface area contributed by atoms with Crippen LogP contribution in [-0.2, 0) is 21.7 Å². The Kier molecular flexibility index (Phi) is 3.52. The van der Waals surface area contributed by atoms with Crippen LogP contribution < -0.4 is 0 Å². The van der Waals surface area contributed by atoms with Gasteiger partial charge in [-0.05, 0) is 16.8 Å². The molecule has 2 heterocycles. The van der Waals surface area contributed by atoms with Gasteiger partial charge in [0.2, 0.25) is 0 Å². The van der Waals surface area contributed by atoms with Gasteiger partial charge in [0.25, 0.3) is 5.69 Å². The van der Waals surface area contributed by atoms with E-state index in [2.05, 4.69) is 0 Å². The lowest BCUT2D eigenvalue weighted by atomic mass is 9.98. The van der Waals surface area contributed by atoms with E-state index in [1.54, 1.807) is 29.5 Å². The Morgan fingerprint density at radius 1 is 1.25 bits per heavy atom. The molecular formula is C14H13NO4S. The summed E-state index contributed by atoms with van der Waals surface area (Å²) in [5, 5.41) is 15.0. The Morgan fingerprint density at radius 2 is 2.00 bits per heavy atom. The molecule has 0 aliphatic carbocycles. The maximum atomic E-state index is 11.1. The number of nitrogens with zero attached hydrogens (tertiary/aromatic N) is 1. The van der Waals surface area contributed by atoms with Crippen LogP contribution in [0.4, 0.5) is 5.69 Å². The van der Waals surface area contributed by atoms with Gasteiger partial charge in [-0.25, -0.2) is 0 Å². The van der Waals surface area contributed by atoms with Crippen LogP contribution in [0, 0.1) is 10.1 Å². The van der Waals surface area contributed by atoms with Crippen molar-refractivity contribution in [3.63, 3.8) is 0 Å². The molecule has 1 fully saturated rings. The quantitative estimate of drug-likeness (QED) is 0.641. The lowest BCUT2D eigenvalue weighted by Gasteiger charge is -2.26. The molecule has 6 heteroatoms. The van der Waals surface area contributed by atoms with Gasteiger partial charge in [-0.15, -0.1) is 0 Å². The Morgan fingerprint density at radius 3 is 2.65 bits per heavy atom. The first-order chi connectivity index (χ1) is 9.71. The van der Waals surface area contributed by atoms with Crippen molar-refractivity contribution in [2.75, 3.05) is 13.2 Å². The topological polar surface area (TPSA) is 61.6 Å². The van der Waals surface area contributed by atoms with Gasteiger partial charge in [0.15, 0.2) is 5.79 Å². The van der Waals surface area contributed by atoms with Crippen LogP contribution >= 0.6 is 11.3 Å². The average molecular weight is 291 g/mol. The minimum absolute atomic E-state index is 0.0983. The first-order valence-corrected chi connectivity index (χ1v) is 7.18. The number of hydrogen-bond acceptors (Lipinski definition) is 5. The van der Waals surface area contributed by atoms with Crippen molar-refractivity contribution in [2.24, 2.45) is 0 Å². The van der Waals surface area contributed by atoms with Crippen molar-refractivity contribution in [2.45, 2.75) is 12.2 Å². The summed E-state index contributed by atoms with van der Waals surface area (Å²) >= 11 is 1.55. The average Bonchev–Trinajstić information content (AvgIpc) is 3.10. The summed E-state index contributed by atoms with van der Waals surface area (Å²) < 4.78 is 11.6. The Bertz CT molecular complexity index is 605. The van der Waals surface area contributed by atoms with E-state index in [9.17, 15) is 10.1 Å². The molecule has 1 aromatic carbocycles. The summed E-state index contributed by atoms with van der Waals surface area (Å²) in [6.07, 6.45) is 0.334. The molecule has 0 radical (unpaired) electrons. The fourth-order valence-corrected chi connectivity index (χ4v) is 3.10. The first kappa shape index (κ1) is 13.2. The maximum Gasteiger partial charge on any atom is 0.272 e. The van der Waals surface area contributed by atoms with Gasteiger partial charge in [0.1, 0.15) is 0 Å². The van der Waals surface area contributed by atoms with Crippen LogP contribution in [0.25, 0.3) is 0 Å². The molecule has 1 aliphatic heterocycles. The van der Waals surface area contributed by atoms with Gasteiger partial charge in [0, 0.05) is 23.6 Å². The molecular weight excluding hydrogens is 278 g/mol. The maximum absolute atomic E-state index is 11.1. The third-order valence-electron chi connectivity index (χ3n) is 3.33. The third-order valence-corrected chi connectivity index (χ3v) is 4.01. The number of para-hydroxylation sites is 1. The summed E-state index contributed by atoms with van der Waals surface area (Å²) in [6.45, 7) is 0.993. The second-order valence-electron chi connectivity index (χ2n) is 4.52. The summed E-state index contributed by atoms with van der Waals surface area (Å²) in [7, 11) is 0. The highest BCUT2D eigenvalue weighted by atomic mass is 32.1. The monoisotopic (exact) mass is 291 g/mol. The van der Waals surface area contributed by atoms with Crippen molar-refractivity contribution in [1.82, 2.24) is 0 Å². The molecule has 104 valence electrons. The molecule has 0 amide bonds. The number of thiophene rings is 1. The zero-order valence-electron chi connectivity index (χ0n) is 10.7. The van der Waals surface area contributed by atoms with Gasteiger partial charge in [0.05, 0.1) is 18.1 Å². The van der Waals surface area contributed by atoms with Gasteiger partial charge < -0.3 is 9.47 Å². The molecule has 0 N–H and O–H groups in total. The Labute approximate surface area is 119 Å². The van der Waals surface area contributed by atoms with E-state index in [0.717, 1.165) is 5.56 Å². The van der Waals surface area contributed by atoms with E-state index in [0.29, 0.717) is 25.2 Å². The zero-order valence-corrected chi connectivity index (χ0v) is 11.5. The van der Waals surface area contributed by atoms with Gasteiger partial charge in [-0.3, -0.25) is 10.1 Å². The number of benzene rings is 1. The van der Waals surface area contributed by atoms with E-state index in [-0.39, 0.29) is 10.6 Å². The molecule has 1 aliphatic rings. The van der Waals surface area contributed by atoms with Crippen molar-refractivity contribution in [3.8, 4) is 0 Å². The molecule has 0 unspecified atom stereocenters. The molecule has 0 bridgehead atoms. The predicted octanol–water partition coefficient (Wildman–Crippen LogP) is 3.10. The zero-order chi connectivity index (χ0) is 14.0. The number of nitro benzene ring substituents is 1. The van der Waals surface area contributed by atoms with E-state index >= 15 is 0 Å². The molecule has 3 rings (SSSR count). The van der Waals surface area contributed by atoms with Gasteiger partial charge in [-0.1, -0.05) is 18.2 Å². The molecule has 0 saturated carbocycles. The van der Waals surface area contributed by atoms with Crippen molar-refractivity contribution in [1.29, 1.82) is 0 Å². The number of rotatable bonds is 4. The van der Waals surface area contributed by atoms with Crippen LogP contribution in [-0.4, -0.2) is 18.1 Å². The van der Waals surface area contributed by atoms with Crippen LogP contribution in [0.15, 0.2) is 41.1 Å². The number of nitro groups is 1. The van der Waals surface area contributed by atoms with Crippen LogP contribution in [0.2, 0.25) is 0 Å². The van der Waals surface area contributed by atoms with Crippen LogP contribution in [0.3, 0.4) is 0 Å². The van der Waals surface area contributed by atoms with E-state index in [1.165, 1.54) is 6.07 Å². The summed E-state index contributed by atoms with van der Waals surface area (Å²) in [5.41, 5.74) is 1.63. The van der Waals surface area contributed by atoms with Gasteiger partial charge in [-0.2, -0.15) is 11.3 Å². The second kappa shape index (κ2) is 5.32. The van der Waals surface area contributed by atoms with E-state index in [1.807, 2.05) is 16.8 Å². The summed E-state index contributed by atoms with van der Waals surface area (Å²) in [5.74, 6) is -0.897. The smallest absolute Gasteiger partial charge is 0.272 e. The Hall–Kier alpha value is -1.76. The lowest BCUT2D eigenvalue weighted by Crippen LogP contribution is -2.29. The fraction of sp³-hybridized carbons (Fsp3) is 0.286. The molecule has 1 saturated heterocycles. The van der Waals surface area contributed by atoms with Crippen molar-refractivity contribution >= 4 is 17.0 Å². The highest BCUT2D eigenvalue weighted by Crippen LogP contribution is 2.37. The normalized spacial score (nSPS) is 17.2. The summed E-state index contributed by atoms with van der Waals surface area (Å²) in [4.78, 5) is 10.7. The number of ether oxygens (including phenoxy) is 2. The van der Waals surface area contributed by atoms with E-state index < -0.39 is 5.79 Å². The number of hydrogen-bond donors (Lipinski definition) is 0. The van der Waals surface area contributed by atoms with Gasteiger partial charge >= 0.3 is 0 Å². The molecule has 20 heavy (non-hydrogen) atoms. The highest BCUT2D eigenvalue weighted by Gasteiger charge is 2.40. The molecule has 5 nitrogen and oxygen atoms in total. The van der Waals surface area contributed by atoms with Crippen LogP contribution in [0.5, 0.6) is 0 Å². The first-order valence-electron chi connectivity index (χ1n) is 6.24. The van der Waals surface area contributed by atoms with Crippen molar-refractivity contribution in [3.05, 3.63) is 62.3 Å². The second-order valence-corrected chi connectivity index (χ2v) is 5.30. The third kappa shape index (κ3) is 2.33. The minimum atomic E-state index is -0.897. The molecule has 2 aromatic rings. The van der Waals surface area contributed by atoms with E-state index in [4.69, 9.17) is 9.47 Å². The minimum Gasteiger partial charge on any atom is -0.343 e. The Balaban J connectivity index is 1.98. The SMILES string of the molecule is O=[N+]([O-])c1ccccc1CC1(c2ccsc2)OCCO1. The standard InChI is InChI=1S/C14H13NO4S/c16-15(17)13-4-2-1-3-11(13)9-14(18-6-7-19-14)12-5-8-20-10-12/h1-5,8,10H,6-7,9H2. The predicted molar refractivity (Wildman–Crippen MR) is 74.7 cm³/mol. The largest absolute Gasteiger partial charge is 0.343 e. The molecule has 1 aromatic heterocycles. The van der Waals surface area contributed by atoms with Crippen LogP contribution in [0.1, 0.15) is 11.1 Å². The molecule has 0 spiro atoms. The van der Waals surface area contributed by atoms with Crippen molar-refractivity contribution < 1.29 is 14.4 Å². The molecule has 0 atom stereocenters. The fourth-order valence-electron chi connectivity index (χ4n) is 2.40. The summed E-state index contributed by atoms with van der Waals surface area (Å²) in [6, 6.07) is 8.64. The lowest BCUT2D eigenvalue weighted by molar-refractivity contribution is -0.386.